The second kappa shape index (κ2) is 5.19. The topological polar surface area (TPSA) is 33.4 Å². The molecule has 1 atom stereocenters. The van der Waals surface area contributed by atoms with Gasteiger partial charge in [0.25, 0.3) is 0 Å². The lowest BCUT2D eigenvalue weighted by molar-refractivity contribution is 0.164. The third-order valence-electron chi connectivity index (χ3n) is 3.04. The molecular formula is C15H18O2. The second-order valence-corrected chi connectivity index (χ2v) is 4.49. The molecule has 0 saturated carbocycles. The fraction of sp³-hybridized carbons (Fsp3) is 0.333. The molecule has 2 rings (SSSR count). The monoisotopic (exact) mass is 230 g/mol. The Morgan fingerprint density at radius 3 is 2.76 bits per heavy atom. The molecule has 0 aliphatic rings. The van der Waals surface area contributed by atoms with Gasteiger partial charge in [-0.2, -0.15) is 0 Å². The van der Waals surface area contributed by atoms with Crippen molar-refractivity contribution in [1.82, 2.24) is 0 Å². The quantitative estimate of drug-likeness (QED) is 0.871. The number of furan rings is 1. The zero-order valence-corrected chi connectivity index (χ0v) is 10.3. The predicted octanol–water partition coefficient (Wildman–Crippen LogP) is 3.56. The average molecular weight is 230 g/mol. The van der Waals surface area contributed by atoms with Crippen molar-refractivity contribution in [2.75, 3.05) is 0 Å². The van der Waals surface area contributed by atoms with Crippen LogP contribution in [0.5, 0.6) is 0 Å². The van der Waals surface area contributed by atoms with Gasteiger partial charge in [0.15, 0.2) is 0 Å². The van der Waals surface area contributed by atoms with Crippen molar-refractivity contribution in [3.8, 4) is 0 Å². The highest BCUT2D eigenvalue weighted by Crippen LogP contribution is 2.23. The van der Waals surface area contributed by atoms with E-state index in [4.69, 9.17) is 4.42 Å². The van der Waals surface area contributed by atoms with Crippen LogP contribution in [0.1, 0.15) is 35.0 Å². The third kappa shape index (κ3) is 2.98. The van der Waals surface area contributed by atoms with E-state index in [1.165, 1.54) is 5.56 Å². The van der Waals surface area contributed by atoms with Crippen molar-refractivity contribution in [3.05, 3.63) is 59.0 Å². The maximum atomic E-state index is 10.2. The number of aryl methyl sites for hydroxylation is 3. The van der Waals surface area contributed by atoms with E-state index in [1.807, 2.05) is 26.0 Å². The summed E-state index contributed by atoms with van der Waals surface area (Å²) in [6.07, 6.45) is 2.71. The van der Waals surface area contributed by atoms with Crippen LogP contribution in [0.2, 0.25) is 0 Å². The summed E-state index contributed by atoms with van der Waals surface area (Å²) < 4.78 is 5.26. The lowest BCUT2D eigenvalue weighted by Crippen LogP contribution is -2.02. The van der Waals surface area contributed by atoms with Gasteiger partial charge >= 0.3 is 0 Å². The number of hydrogen-bond acceptors (Lipinski definition) is 2. The molecule has 2 heteroatoms. The number of hydrogen-bond donors (Lipinski definition) is 1. The zero-order valence-electron chi connectivity index (χ0n) is 10.3. The molecule has 0 bridgehead atoms. The normalized spacial score (nSPS) is 12.6. The minimum atomic E-state index is -0.417. The first-order valence-corrected chi connectivity index (χ1v) is 5.94. The summed E-state index contributed by atoms with van der Waals surface area (Å²) in [7, 11) is 0. The van der Waals surface area contributed by atoms with Crippen molar-refractivity contribution >= 4 is 0 Å². The first-order chi connectivity index (χ1) is 8.16. The Balaban J connectivity index is 2.04. The molecule has 0 saturated heterocycles. The minimum absolute atomic E-state index is 0.417. The smallest absolute Gasteiger partial charge is 0.103 e. The zero-order chi connectivity index (χ0) is 12.3. The number of rotatable bonds is 4. The number of aliphatic hydroxyl groups is 1. The van der Waals surface area contributed by atoms with E-state index in [9.17, 15) is 5.11 Å². The molecule has 1 N–H and O–H groups in total. The standard InChI is InChI=1S/C15H18O2/c1-11-5-6-12(2)14(10-11)15(16)8-7-13-4-3-9-17-13/h3-6,9-10,15-16H,7-8H2,1-2H3. The van der Waals surface area contributed by atoms with Gasteiger partial charge in [0.2, 0.25) is 0 Å². The first kappa shape index (κ1) is 11.9. The molecule has 0 amide bonds. The highest BCUT2D eigenvalue weighted by atomic mass is 16.3. The molecule has 1 aromatic heterocycles. The van der Waals surface area contributed by atoms with Gasteiger partial charge in [-0.15, -0.1) is 0 Å². The maximum Gasteiger partial charge on any atom is 0.103 e. The van der Waals surface area contributed by atoms with Gasteiger partial charge in [-0.1, -0.05) is 23.8 Å². The summed E-state index contributed by atoms with van der Waals surface area (Å²) in [6, 6.07) is 10.00. The lowest BCUT2D eigenvalue weighted by atomic mass is 9.97. The SMILES string of the molecule is Cc1ccc(C)c(C(O)CCc2ccco2)c1. The fourth-order valence-electron chi connectivity index (χ4n) is 2.01. The molecule has 90 valence electrons. The van der Waals surface area contributed by atoms with Crippen LogP contribution in [0.3, 0.4) is 0 Å². The van der Waals surface area contributed by atoms with Gasteiger partial charge in [-0.3, -0.25) is 0 Å². The van der Waals surface area contributed by atoms with Crippen LogP contribution in [-0.4, -0.2) is 5.11 Å². The Hall–Kier alpha value is -1.54. The van der Waals surface area contributed by atoms with E-state index >= 15 is 0 Å². The fourth-order valence-corrected chi connectivity index (χ4v) is 2.01. The summed E-state index contributed by atoms with van der Waals surface area (Å²) in [5.74, 6) is 0.925. The van der Waals surface area contributed by atoms with Crippen LogP contribution in [0.25, 0.3) is 0 Å². The van der Waals surface area contributed by atoms with E-state index in [-0.39, 0.29) is 0 Å². The van der Waals surface area contributed by atoms with E-state index < -0.39 is 6.10 Å². The molecule has 0 aliphatic carbocycles. The molecule has 1 heterocycles. The molecule has 2 aromatic rings. The average Bonchev–Trinajstić information content (AvgIpc) is 2.82. The molecule has 17 heavy (non-hydrogen) atoms. The maximum absolute atomic E-state index is 10.2. The molecule has 0 spiro atoms. The van der Waals surface area contributed by atoms with Crippen LogP contribution in [0.15, 0.2) is 41.0 Å². The summed E-state index contributed by atoms with van der Waals surface area (Å²) in [5.41, 5.74) is 3.35. The molecule has 0 fully saturated rings. The largest absolute Gasteiger partial charge is 0.469 e. The van der Waals surface area contributed by atoms with Crippen LogP contribution in [0.4, 0.5) is 0 Å². The minimum Gasteiger partial charge on any atom is -0.469 e. The molecule has 0 radical (unpaired) electrons. The van der Waals surface area contributed by atoms with Crippen LogP contribution >= 0.6 is 0 Å². The first-order valence-electron chi connectivity index (χ1n) is 5.94. The van der Waals surface area contributed by atoms with Gasteiger partial charge in [-0.25, -0.2) is 0 Å². The molecule has 2 nitrogen and oxygen atoms in total. The summed E-state index contributed by atoms with van der Waals surface area (Å²) in [6.45, 7) is 4.08. The molecule has 0 aliphatic heterocycles. The van der Waals surface area contributed by atoms with Gasteiger partial charge in [-0.05, 0) is 43.5 Å². The van der Waals surface area contributed by atoms with Crippen molar-refractivity contribution in [2.24, 2.45) is 0 Å². The van der Waals surface area contributed by atoms with Crippen molar-refractivity contribution in [2.45, 2.75) is 32.8 Å². The Labute approximate surface area is 102 Å². The van der Waals surface area contributed by atoms with E-state index in [0.29, 0.717) is 6.42 Å². The third-order valence-corrected chi connectivity index (χ3v) is 3.04. The van der Waals surface area contributed by atoms with Crippen LogP contribution in [-0.2, 0) is 6.42 Å². The lowest BCUT2D eigenvalue weighted by Gasteiger charge is -2.13. The Morgan fingerprint density at radius 2 is 2.06 bits per heavy atom. The van der Waals surface area contributed by atoms with E-state index in [1.54, 1.807) is 6.26 Å². The second-order valence-electron chi connectivity index (χ2n) is 4.49. The van der Waals surface area contributed by atoms with E-state index in [2.05, 4.69) is 18.2 Å². The Morgan fingerprint density at radius 1 is 1.24 bits per heavy atom. The van der Waals surface area contributed by atoms with Gasteiger partial charge in [0.1, 0.15) is 5.76 Å². The summed E-state index contributed by atoms with van der Waals surface area (Å²) >= 11 is 0. The van der Waals surface area contributed by atoms with Crippen molar-refractivity contribution in [1.29, 1.82) is 0 Å². The van der Waals surface area contributed by atoms with Crippen molar-refractivity contribution < 1.29 is 9.52 Å². The number of benzene rings is 1. The molecule has 1 unspecified atom stereocenters. The summed E-state index contributed by atoms with van der Waals surface area (Å²) in [5, 5.41) is 10.2. The van der Waals surface area contributed by atoms with E-state index in [0.717, 1.165) is 23.3 Å². The van der Waals surface area contributed by atoms with Crippen LogP contribution in [0, 0.1) is 13.8 Å². The Bertz CT molecular complexity index is 472. The molecular weight excluding hydrogens is 212 g/mol. The predicted molar refractivity (Wildman–Crippen MR) is 67.9 cm³/mol. The Kier molecular flexibility index (Phi) is 3.64. The highest BCUT2D eigenvalue weighted by Gasteiger charge is 2.11. The van der Waals surface area contributed by atoms with Crippen molar-refractivity contribution in [3.63, 3.8) is 0 Å². The number of aliphatic hydroxyl groups excluding tert-OH is 1. The highest BCUT2D eigenvalue weighted by molar-refractivity contribution is 5.32. The van der Waals surface area contributed by atoms with Gasteiger partial charge < -0.3 is 9.52 Å². The molecule has 1 aromatic carbocycles. The summed E-state index contributed by atoms with van der Waals surface area (Å²) in [4.78, 5) is 0. The van der Waals surface area contributed by atoms with Gasteiger partial charge in [0.05, 0.1) is 12.4 Å². The van der Waals surface area contributed by atoms with Crippen LogP contribution < -0.4 is 0 Å². The van der Waals surface area contributed by atoms with Gasteiger partial charge in [0, 0.05) is 6.42 Å².